The third kappa shape index (κ3) is 4.35. The van der Waals surface area contributed by atoms with Crippen LogP contribution in [0.3, 0.4) is 0 Å². The van der Waals surface area contributed by atoms with Crippen molar-refractivity contribution >= 4 is 21.7 Å². The molecule has 0 saturated heterocycles. The highest BCUT2D eigenvalue weighted by molar-refractivity contribution is 7.90. The van der Waals surface area contributed by atoms with E-state index in [9.17, 15) is 13.2 Å². The summed E-state index contributed by atoms with van der Waals surface area (Å²) in [5.41, 5.74) is 2.94. The maximum Gasteiger partial charge on any atom is 0.333 e. The van der Waals surface area contributed by atoms with Crippen molar-refractivity contribution in [2.75, 3.05) is 5.32 Å². The summed E-state index contributed by atoms with van der Waals surface area (Å²) in [5.74, 6) is 1.28. The number of amides is 2. The zero-order valence-electron chi connectivity index (χ0n) is 15.1. The summed E-state index contributed by atoms with van der Waals surface area (Å²) in [4.78, 5) is 16.4. The van der Waals surface area contributed by atoms with Crippen LogP contribution in [0.5, 0.6) is 0 Å². The molecule has 0 radical (unpaired) electrons. The molecule has 7 nitrogen and oxygen atoms in total. The normalized spacial score (nSPS) is 11.2. The van der Waals surface area contributed by atoms with E-state index in [0.717, 1.165) is 16.8 Å². The molecule has 0 aliphatic carbocycles. The van der Waals surface area contributed by atoms with Crippen LogP contribution in [0, 0.1) is 20.8 Å². The van der Waals surface area contributed by atoms with Crippen molar-refractivity contribution < 1.29 is 17.6 Å². The SMILES string of the molecule is Cc1ccc(S(=O)(=O)NC(=O)Nc2ccc(-c3nc(C)oc3C)cc2)cc1. The summed E-state index contributed by atoms with van der Waals surface area (Å²) in [6, 6.07) is 12.3. The van der Waals surface area contributed by atoms with Crippen LogP contribution in [-0.4, -0.2) is 19.4 Å². The van der Waals surface area contributed by atoms with Crippen LogP contribution in [0.1, 0.15) is 17.2 Å². The quantitative estimate of drug-likeness (QED) is 0.712. The number of nitrogens with zero attached hydrogens (tertiary/aromatic N) is 1. The molecule has 3 rings (SSSR count). The van der Waals surface area contributed by atoms with Crippen molar-refractivity contribution in [3.63, 3.8) is 0 Å². The zero-order valence-corrected chi connectivity index (χ0v) is 15.9. The van der Waals surface area contributed by atoms with Crippen LogP contribution >= 0.6 is 0 Å². The number of anilines is 1. The number of hydrogen-bond acceptors (Lipinski definition) is 5. The van der Waals surface area contributed by atoms with Gasteiger partial charge in [-0.25, -0.2) is 22.9 Å². The number of rotatable bonds is 4. The molecule has 3 aromatic rings. The average Bonchev–Trinajstić information content (AvgIpc) is 2.94. The first kappa shape index (κ1) is 18.7. The molecule has 27 heavy (non-hydrogen) atoms. The van der Waals surface area contributed by atoms with Gasteiger partial charge in [-0.2, -0.15) is 0 Å². The fraction of sp³-hybridized carbons (Fsp3) is 0.158. The van der Waals surface area contributed by atoms with E-state index in [0.29, 0.717) is 17.3 Å². The lowest BCUT2D eigenvalue weighted by atomic mass is 10.1. The molecular formula is C19H19N3O4S. The molecule has 2 aromatic carbocycles. The van der Waals surface area contributed by atoms with Gasteiger partial charge in [-0.3, -0.25) is 0 Å². The van der Waals surface area contributed by atoms with Gasteiger partial charge < -0.3 is 9.73 Å². The van der Waals surface area contributed by atoms with Crippen LogP contribution in [-0.2, 0) is 10.0 Å². The van der Waals surface area contributed by atoms with Gasteiger partial charge in [-0.05, 0) is 38.1 Å². The van der Waals surface area contributed by atoms with E-state index in [4.69, 9.17) is 4.42 Å². The van der Waals surface area contributed by atoms with Gasteiger partial charge in [0, 0.05) is 18.2 Å². The third-order valence-electron chi connectivity index (χ3n) is 3.88. The van der Waals surface area contributed by atoms with Crippen molar-refractivity contribution in [1.29, 1.82) is 0 Å². The number of benzene rings is 2. The van der Waals surface area contributed by atoms with Gasteiger partial charge in [0.2, 0.25) is 0 Å². The van der Waals surface area contributed by atoms with E-state index in [1.165, 1.54) is 12.1 Å². The fourth-order valence-corrected chi connectivity index (χ4v) is 3.47. The number of aromatic nitrogens is 1. The highest BCUT2D eigenvalue weighted by Gasteiger charge is 2.17. The van der Waals surface area contributed by atoms with Crippen molar-refractivity contribution in [3.05, 3.63) is 65.7 Å². The zero-order chi connectivity index (χ0) is 19.6. The summed E-state index contributed by atoms with van der Waals surface area (Å²) in [6.45, 7) is 5.44. The number of carbonyl (C=O) groups is 1. The minimum Gasteiger partial charge on any atom is -0.446 e. The van der Waals surface area contributed by atoms with Gasteiger partial charge in [-0.1, -0.05) is 29.8 Å². The highest BCUT2D eigenvalue weighted by atomic mass is 32.2. The first-order valence-electron chi connectivity index (χ1n) is 8.19. The first-order valence-corrected chi connectivity index (χ1v) is 9.68. The second kappa shape index (κ2) is 7.24. The van der Waals surface area contributed by atoms with Gasteiger partial charge in [0.05, 0.1) is 4.90 Å². The monoisotopic (exact) mass is 385 g/mol. The van der Waals surface area contributed by atoms with Crippen LogP contribution in [0.4, 0.5) is 10.5 Å². The number of aryl methyl sites for hydroxylation is 3. The van der Waals surface area contributed by atoms with Crippen molar-refractivity contribution in [2.45, 2.75) is 25.7 Å². The van der Waals surface area contributed by atoms with Crippen molar-refractivity contribution in [3.8, 4) is 11.3 Å². The summed E-state index contributed by atoms with van der Waals surface area (Å²) < 4.78 is 31.9. The number of carbonyl (C=O) groups excluding carboxylic acids is 1. The van der Waals surface area contributed by atoms with E-state index in [1.807, 2.05) is 18.6 Å². The summed E-state index contributed by atoms with van der Waals surface area (Å²) in [7, 11) is -3.93. The molecular weight excluding hydrogens is 366 g/mol. The molecule has 2 amide bonds. The van der Waals surface area contributed by atoms with Gasteiger partial charge in [0.1, 0.15) is 11.5 Å². The van der Waals surface area contributed by atoms with E-state index < -0.39 is 16.1 Å². The molecule has 8 heteroatoms. The molecule has 0 fully saturated rings. The van der Waals surface area contributed by atoms with Gasteiger partial charge >= 0.3 is 6.03 Å². The Morgan fingerprint density at radius 1 is 0.963 bits per heavy atom. The third-order valence-corrected chi connectivity index (χ3v) is 5.22. The molecule has 2 N–H and O–H groups in total. The average molecular weight is 385 g/mol. The number of oxazole rings is 1. The Hall–Kier alpha value is -3.13. The minimum atomic E-state index is -3.93. The predicted molar refractivity (Wildman–Crippen MR) is 102 cm³/mol. The van der Waals surface area contributed by atoms with Crippen LogP contribution in [0.25, 0.3) is 11.3 Å². The largest absolute Gasteiger partial charge is 0.446 e. The second-order valence-electron chi connectivity index (χ2n) is 6.09. The first-order chi connectivity index (χ1) is 12.7. The molecule has 0 aliphatic heterocycles. The second-order valence-corrected chi connectivity index (χ2v) is 7.77. The van der Waals surface area contributed by atoms with Crippen LogP contribution < -0.4 is 10.0 Å². The van der Waals surface area contributed by atoms with E-state index in [-0.39, 0.29) is 4.90 Å². The molecule has 0 saturated carbocycles. The molecule has 0 unspecified atom stereocenters. The fourth-order valence-electron chi connectivity index (χ4n) is 2.56. The summed E-state index contributed by atoms with van der Waals surface area (Å²) in [6.07, 6.45) is 0. The van der Waals surface area contributed by atoms with E-state index >= 15 is 0 Å². The molecule has 0 atom stereocenters. The number of nitrogens with one attached hydrogen (secondary N) is 2. The van der Waals surface area contributed by atoms with E-state index in [2.05, 4.69) is 10.3 Å². The van der Waals surface area contributed by atoms with Crippen LogP contribution in [0.15, 0.2) is 57.8 Å². The lowest BCUT2D eigenvalue weighted by molar-refractivity contribution is 0.256. The molecule has 1 heterocycles. The maximum atomic E-state index is 12.2. The molecule has 1 aromatic heterocycles. The number of sulfonamides is 1. The standard InChI is InChI=1S/C19H19N3O4S/c1-12-4-10-17(11-5-12)27(24,25)22-19(23)21-16-8-6-15(7-9-16)18-13(2)26-14(3)20-18/h4-11H,1-3H3,(H2,21,22,23). The van der Waals surface area contributed by atoms with Crippen molar-refractivity contribution in [1.82, 2.24) is 9.71 Å². The van der Waals surface area contributed by atoms with E-state index in [1.54, 1.807) is 43.3 Å². The Morgan fingerprint density at radius 2 is 1.59 bits per heavy atom. The lowest BCUT2D eigenvalue weighted by Crippen LogP contribution is -2.34. The smallest absolute Gasteiger partial charge is 0.333 e. The Bertz CT molecular complexity index is 1070. The summed E-state index contributed by atoms with van der Waals surface area (Å²) >= 11 is 0. The Balaban J connectivity index is 1.69. The molecule has 0 bridgehead atoms. The Kier molecular flexibility index (Phi) is 5.00. The maximum absolute atomic E-state index is 12.2. The van der Waals surface area contributed by atoms with Crippen LogP contribution in [0.2, 0.25) is 0 Å². The molecule has 0 spiro atoms. The number of hydrogen-bond donors (Lipinski definition) is 2. The highest BCUT2D eigenvalue weighted by Crippen LogP contribution is 2.24. The van der Waals surface area contributed by atoms with Gasteiger partial charge in [0.15, 0.2) is 5.89 Å². The minimum absolute atomic E-state index is 0.0236. The van der Waals surface area contributed by atoms with Crippen molar-refractivity contribution in [2.24, 2.45) is 0 Å². The number of urea groups is 1. The Morgan fingerprint density at radius 3 is 2.15 bits per heavy atom. The Labute approximate surface area is 157 Å². The topological polar surface area (TPSA) is 101 Å². The van der Waals surface area contributed by atoms with Gasteiger partial charge in [-0.15, -0.1) is 0 Å². The molecule has 140 valence electrons. The van der Waals surface area contributed by atoms with Gasteiger partial charge in [0.25, 0.3) is 10.0 Å². The predicted octanol–water partition coefficient (Wildman–Crippen LogP) is 3.78. The molecule has 0 aliphatic rings. The summed E-state index contributed by atoms with van der Waals surface area (Å²) in [5, 5.41) is 2.50. The lowest BCUT2D eigenvalue weighted by Gasteiger charge is -2.09.